The minimum absolute atomic E-state index is 0.193. The van der Waals surface area contributed by atoms with Crippen LogP contribution in [0.1, 0.15) is 25.0 Å². The SMILES string of the molecule is CCNCc1cc(F)ccc1N(C)c1ccc(CC)cc1. The highest BCUT2D eigenvalue weighted by molar-refractivity contribution is 5.66. The molecule has 0 bridgehead atoms. The van der Waals surface area contributed by atoms with Gasteiger partial charge in [0.15, 0.2) is 0 Å². The number of rotatable bonds is 6. The van der Waals surface area contributed by atoms with Gasteiger partial charge in [0, 0.05) is 25.0 Å². The fourth-order valence-corrected chi connectivity index (χ4v) is 2.38. The third kappa shape index (κ3) is 3.82. The molecule has 0 aliphatic carbocycles. The van der Waals surface area contributed by atoms with Crippen LogP contribution in [0.4, 0.5) is 15.8 Å². The van der Waals surface area contributed by atoms with E-state index in [9.17, 15) is 4.39 Å². The maximum atomic E-state index is 13.5. The van der Waals surface area contributed by atoms with E-state index in [2.05, 4.69) is 41.4 Å². The summed E-state index contributed by atoms with van der Waals surface area (Å²) in [6.07, 6.45) is 1.03. The molecule has 1 N–H and O–H groups in total. The lowest BCUT2D eigenvalue weighted by atomic mass is 10.1. The number of aryl methyl sites for hydroxylation is 1. The molecule has 0 saturated carbocycles. The minimum Gasteiger partial charge on any atom is -0.344 e. The second kappa shape index (κ2) is 7.23. The molecule has 0 aliphatic rings. The first-order valence-electron chi connectivity index (χ1n) is 7.47. The molecule has 0 aliphatic heterocycles. The summed E-state index contributed by atoms with van der Waals surface area (Å²) < 4.78 is 13.5. The van der Waals surface area contributed by atoms with E-state index in [1.54, 1.807) is 6.07 Å². The van der Waals surface area contributed by atoms with E-state index < -0.39 is 0 Å². The molecule has 2 aromatic carbocycles. The van der Waals surface area contributed by atoms with E-state index in [4.69, 9.17) is 0 Å². The summed E-state index contributed by atoms with van der Waals surface area (Å²) in [6.45, 7) is 5.73. The molecule has 2 nitrogen and oxygen atoms in total. The number of benzene rings is 2. The van der Waals surface area contributed by atoms with Gasteiger partial charge in [0.25, 0.3) is 0 Å². The van der Waals surface area contributed by atoms with Crippen molar-refractivity contribution in [3.63, 3.8) is 0 Å². The van der Waals surface area contributed by atoms with Crippen molar-refractivity contribution in [1.29, 1.82) is 0 Å². The zero-order valence-corrected chi connectivity index (χ0v) is 13.0. The van der Waals surface area contributed by atoms with Gasteiger partial charge in [-0.3, -0.25) is 0 Å². The maximum absolute atomic E-state index is 13.5. The fourth-order valence-electron chi connectivity index (χ4n) is 2.38. The topological polar surface area (TPSA) is 15.3 Å². The highest BCUT2D eigenvalue weighted by Gasteiger charge is 2.10. The summed E-state index contributed by atoms with van der Waals surface area (Å²) in [7, 11) is 2.02. The molecule has 0 saturated heterocycles. The highest BCUT2D eigenvalue weighted by Crippen LogP contribution is 2.28. The van der Waals surface area contributed by atoms with Crippen LogP contribution in [0.3, 0.4) is 0 Å². The van der Waals surface area contributed by atoms with E-state index >= 15 is 0 Å². The van der Waals surface area contributed by atoms with Crippen molar-refractivity contribution >= 4 is 11.4 Å². The first-order chi connectivity index (χ1) is 10.2. The third-order valence-corrected chi connectivity index (χ3v) is 3.70. The maximum Gasteiger partial charge on any atom is 0.123 e. The lowest BCUT2D eigenvalue weighted by molar-refractivity contribution is 0.622. The van der Waals surface area contributed by atoms with Gasteiger partial charge < -0.3 is 10.2 Å². The average molecular weight is 286 g/mol. The van der Waals surface area contributed by atoms with Gasteiger partial charge in [-0.15, -0.1) is 0 Å². The number of halogens is 1. The first kappa shape index (κ1) is 15.5. The van der Waals surface area contributed by atoms with Gasteiger partial charge in [-0.05, 0) is 54.4 Å². The van der Waals surface area contributed by atoms with E-state index in [-0.39, 0.29) is 5.82 Å². The smallest absolute Gasteiger partial charge is 0.123 e. The van der Waals surface area contributed by atoms with E-state index in [0.29, 0.717) is 6.54 Å². The number of hydrogen-bond donors (Lipinski definition) is 1. The lowest BCUT2D eigenvalue weighted by Crippen LogP contribution is -2.17. The summed E-state index contributed by atoms with van der Waals surface area (Å²) in [5.74, 6) is -0.193. The van der Waals surface area contributed by atoms with Crippen molar-refractivity contribution in [2.24, 2.45) is 0 Å². The van der Waals surface area contributed by atoms with Gasteiger partial charge in [-0.2, -0.15) is 0 Å². The number of nitrogens with one attached hydrogen (secondary N) is 1. The van der Waals surface area contributed by atoms with Crippen LogP contribution in [0, 0.1) is 5.82 Å². The van der Waals surface area contributed by atoms with Gasteiger partial charge in [0.1, 0.15) is 5.82 Å². The van der Waals surface area contributed by atoms with Gasteiger partial charge in [0.2, 0.25) is 0 Å². The average Bonchev–Trinajstić information content (AvgIpc) is 2.52. The summed E-state index contributed by atoms with van der Waals surface area (Å²) >= 11 is 0. The predicted octanol–water partition coefficient (Wildman–Crippen LogP) is 4.27. The van der Waals surface area contributed by atoms with Crippen molar-refractivity contribution < 1.29 is 4.39 Å². The summed E-state index contributed by atoms with van der Waals surface area (Å²) in [4.78, 5) is 2.10. The van der Waals surface area contributed by atoms with E-state index in [1.165, 1.54) is 11.6 Å². The molecule has 3 heteroatoms. The summed E-state index contributed by atoms with van der Waals surface area (Å²) in [5.41, 5.74) is 4.43. The van der Waals surface area contributed by atoms with Crippen LogP contribution >= 0.6 is 0 Å². The quantitative estimate of drug-likeness (QED) is 0.853. The molecular formula is C18H23FN2. The molecule has 0 unspecified atom stereocenters. The van der Waals surface area contributed by atoms with Crippen LogP contribution in [-0.4, -0.2) is 13.6 Å². The minimum atomic E-state index is -0.193. The van der Waals surface area contributed by atoms with Crippen LogP contribution in [0.2, 0.25) is 0 Å². The third-order valence-electron chi connectivity index (χ3n) is 3.70. The Hall–Kier alpha value is -1.87. The van der Waals surface area contributed by atoms with Crippen LogP contribution in [-0.2, 0) is 13.0 Å². The van der Waals surface area contributed by atoms with Crippen molar-refractivity contribution in [2.75, 3.05) is 18.5 Å². The molecule has 112 valence electrons. The molecule has 0 atom stereocenters. The van der Waals surface area contributed by atoms with Crippen LogP contribution in [0.25, 0.3) is 0 Å². The predicted molar refractivity (Wildman–Crippen MR) is 87.7 cm³/mol. The van der Waals surface area contributed by atoms with Gasteiger partial charge in [-0.1, -0.05) is 26.0 Å². The zero-order valence-electron chi connectivity index (χ0n) is 13.0. The van der Waals surface area contributed by atoms with Crippen molar-refractivity contribution in [2.45, 2.75) is 26.8 Å². The first-order valence-corrected chi connectivity index (χ1v) is 7.47. The molecule has 0 fully saturated rings. The Labute approximate surface area is 126 Å². The Morgan fingerprint density at radius 2 is 1.76 bits per heavy atom. The van der Waals surface area contributed by atoms with Crippen molar-refractivity contribution in [3.8, 4) is 0 Å². The van der Waals surface area contributed by atoms with E-state index in [0.717, 1.165) is 29.9 Å². The number of anilines is 2. The van der Waals surface area contributed by atoms with Crippen LogP contribution < -0.4 is 10.2 Å². The molecule has 0 radical (unpaired) electrons. The standard InChI is InChI=1S/C18H23FN2/c1-4-14-6-9-17(10-7-14)21(3)18-11-8-16(19)12-15(18)13-20-5-2/h6-12,20H,4-5,13H2,1-3H3. The van der Waals surface area contributed by atoms with Crippen molar-refractivity contribution in [1.82, 2.24) is 5.32 Å². The molecule has 2 aromatic rings. The molecule has 0 amide bonds. The van der Waals surface area contributed by atoms with Gasteiger partial charge in [0.05, 0.1) is 0 Å². The Kier molecular flexibility index (Phi) is 5.34. The Morgan fingerprint density at radius 3 is 2.38 bits per heavy atom. The number of nitrogens with zero attached hydrogens (tertiary/aromatic N) is 1. The summed E-state index contributed by atoms with van der Waals surface area (Å²) in [5, 5.41) is 3.26. The second-order valence-corrected chi connectivity index (χ2v) is 5.13. The molecule has 2 rings (SSSR count). The lowest BCUT2D eigenvalue weighted by Gasteiger charge is -2.23. The second-order valence-electron chi connectivity index (χ2n) is 5.13. The van der Waals surface area contributed by atoms with Gasteiger partial charge in [-0.25, -0.2) is 4.39 Å². The Morgan fingerprint density at radius 1 is 1.05 bits per heavy atom. The largest absolute Gasteiger partial charge is 0.344 e. The molecule has 0 spiro atoms. The molecular weight excluding hydrogens is 263 g/mol. The normalized spacial score (nSPS) is 10.7. The Balaban J connectivity index is 2.30. The fraction of sp³-hybridized carbons (Fsp3) is 0.333. The Bertz CT molecular complexity index is 578. The highest BCUT2D eigenvalue weighted by atomic mass is 19.1. The monoisotopic (exact) mass is 286 g/mol. The van der Waals surface area contributed by atoms with Crippen LogP contribution in [0.15, 0.2) is 42.5 Å². The van der Waals surface area contributed by atoms with Crippen LogP contribution in [0.5, 0.6) is 0 Å². The molecule has 0 heterocycles. The van der Waals surface area contributed by atoms with E-state index in [1.807, 2.05) is 20.0 Å². The summed E-state index contributed by atoms with van der Waals surface area (Å²) in [6, 6.07) is 13.5. The van der Waals surface area contributed by atoms with Gasteiger partial charge >= 0.3 is 0 Å². The number of hydrogen-bond acceptors (Lipinski definition) is 2. The van der Waals surface area contributed by atoms with Crippen molar-refractivity contribution in [3.05, 3.63) is 59.4 Å². The zero-order chi connectivity index (χ0) is 15.2. The molecule has 21 heavy (non-hydrogen) atoms. The molecule has 0 aromatic heterocycles.